The Morgan fingerprint density at radius 1 is 1.40 bits per heavy atom. The largest absolute Gasteiger partial charge is 0.330 e. The average molecular weight is 142 g/mol. The van der Waals surface area contributed by atoms with E-state index in [1.807, 2.05) is 0 Å². The van der Waals surface area contributed by atoms with Crippen LogP contribution in [0.2, 0.25) is 0 Å². The van der Waals surface area contributed by atoms with E-state index in [9.17, 15) is 0 Å². The van der Waals surface area contributed by atoms with Crippen molar-refractivity contribution in [3.63, 3.8) is 0 Å². The van der Waals surface area contributed by atoms with Crippen LogP contribution in [-0.4, -0.2) is 31.1 Å². The molecule has 2 heteroatoms. The third-order valence-electron chi connectivity index (χ3n) is 1.98. The second kappa shape index (κ2) is 2.89. The third-order valence-corrected chi connectivity index (χ3v) is 1.98. The van der Waals surface area contributed by atoms with E-state index in [1.165, 1.54) is 19.6 Å². The van der Waals surface area contributed by atoms with Crippen molar-refractivity contribution in [3.05, 3.63) is 0 Å². The molecule has 0 bridgehead atoms. The van der Waals surface area contributed by atoms with Crippen LogP contribution >= 0.6 is 0 Å². The molecule has 1 heterocycles. The summed E-state index contributed by atoms with van der Waals surface area (Å²) in [7, 11) is 0. The molecule has 0 saturated carbocycles. The van der Waals surface area contributed by atoms with Gasteiger partial charge in [-0.05, 0) is 24.9 Å². The van der Waals surface area contributed by atoms with E-state index >= 15 is 0 Å². The first-order chi connectivity index (χ1) is 4.64. The summed E-state index contributed by atoms with van der Waals surface area (Å²) in [5.74, 6) is 0. The van der Waals surface area contributed by atoms with Crippen molar-refractivity contribution in [3.8, 4) is 0 Å². The second-order valence-electron chi connectivity index (χ2n) is 4.02. The van der Waals surface area contributed by atoms with Crippen LogP contribution in [0.5, 0.6) is 0 Å². The van der Waals surface area contributed by atoms with Crippen LogP contribution in [0, 0.1) is 5.41 Å². The fourth-order valence-electron chi connectivity index (χ4n) is 1.64. The van der Waals surface area contributed by atoms with Gasteiger partial charge in [0.05, 0.1) is 0 Å². The van der Waals surface area contributed by atoms with Gasteiger partial charge in [-0.2, -0.15) is 0 Å². The van der Waals surface area contributed by atoms with Crippen LogP contribution in [0.4, 0.5) is 0 Å². The maximum atomic E-state index is 5.40. The molecule has 1 rings (SSSR count). The molecule has 0 aliphatic carbocycles. The summed E-state index contributed by atoms with van der Waals surface area (Å²) in [6.07, 6.45) is 1.15. The number of hydrogen-bond donors (Lipinski definition) is 1. The Kier molecular flexibility index (Phi) is 2.32. The molecule has 1 fully saturated rings. The predicted molar refractivity (Wildman–Crippen MR) is 43.9 cm³/mol. The van der Waals surface area contributed by atoms with Gasteiger partial charge in [0.2, 0.25) is 0 Å². The molecule has 0 aromatic carbocycles. The zero-order valence-electron chi connectivity index (χ0n) is 7.06. The minimum absolute atomic E-state index is 0.578. The molecule has 1 aliphatic rings. The Labute approximate surface area is 63.4 Å². The SMILES string of the molecule is CC1(C)CN(CCCN)C1. The molecular formula is C8H18N2. The summed E-state index contributed by atoms with van der Waals surface area (Å²) in [5, 5.41) is 0. The van der Waals surface area contributed by atoms with Gasteiger partial charge in [-0.15, -0.1) is 0 Å². The first-order valence-electron chi connectivity index (χ1n) is 4.06. The lowest BCUT2D eigenvalue weighted by Gasteiger charge is -2.46. The summed E-state index contributed by atoms with van der Waals surface area (Å²) in [6.45, 7) is 9.16. The van der Waals surface area contributed by atoms with Crippen LogP contribution < -0.4 is 5.73 Å². The molecule has 0 unspecified atom stereocenters. The van der Waals surface area contributed by atoms with E-state index in [2.05, 4.69) is 18.7 Å². The lowest BCUT2D eigenvalue weighted by molar-refractivity contribution is 0.0311. The third kappa shape index (κ3) is 1.96. The summed E-state index contributed by atoms with van der Waals surface area (Å²) in [4.78, 5) is 2.47. The van der Waals surface area contributed by atoms with Gasteiger partial charge in [-0.3, -0.25) is 0 Å². The van der Waals surface area contributed by atoms with Crippen LogP contribution in [0.15, 0.2) is 0 Å². The van der Waals surface area contributed by atoms with Crippen molar-refractivity contribution in [2.45, 2.75) is 20.3 Å². The molecule has 1 aliphatic heterocycles. The van der Waals surface area contributed by atoms with E-state index in [1.54, 1.807) is 0 Å². The summed E-state index contributed by atoms with van der Waals surface area (Å²) >= 11 is 0. The number of rotatable bonds is 3. The molecule has 60 valence electrons. The maximum absolute atomic E-state index is 5.40. The number of hydrogen-bond acceptors (Lipinski definition) is 2. The average Bonchev–Trinajstić information content (AvgIpc) is 1.78. The molecule has 10 heavy (non-hydrogen) atoms. The topological polar surface area (TPSA) is 29.3 Å². The van der Waals surface area contributed by atoms with Crippen molar-refractivity contribution in [1.29, 1.82) is 0 Å². The highest BCUT2D eigenvalue weighted by Gasteiger charge is 2.32. The molecule has 0 amide bonds. The molecule has 0 spiro atoms. The van der Waals surface area contributed by atoms with Gasteiger partial charge in [0.15, 0.2) is 0 Å². The van der Waals surface area contributed by atoms with E-state index in [0.717, 1.165) is 13.0 Å². The Bertz CT molecular complexity index is 102. The molecule has 0 radical (unpaired) electrons. The van der Waals surface area contributed by atoms with Crippen molar-refractivity contribution >= 4 is 0 Å². The quantitative estimate of drug-likeness (QED) is 0.628. The van der Waals surface area contributed by atoms with Crippen molar-refractivity contribution in [2.75, 3.05) is 26.2 Å². The Balaban J connectivity index is 2.03. The lowest BCUT2D eigenvalue weighted by Crippen LogP contribution is -2.53. The first-order valence-corrected chi connectivity index (χ1v) is 4.06. The van der Waals surface area contributed by atoms with Gasteiger partial charge in [0.25, 0.3) is 0 Å². The number of nitrogens with two attached hydrogens (primary N) is 1. The van der Waals surface area contributed by atoms with Crippen LogP contribution in [0.1, 0.15) is 20.3 Å². The maximum Gasteiger partial charge on any atom is 0.00452 e. The molecule has 0 aromatic rings. The molecule has 2 nitrogen and oxygen atoms in total. The fraction of sp³-hybridized carbons (Fsp3) is 1.00. The minimum atomic E-state index is 0.578. The van der Waals surface area contributed by atoms with Crippen LogP contribution in [0.3, 0.4) is 0 Å². The summed E-state index contributed by atoms with van der Waals surface area (Å²) in [5.41, 5.74) is 5.97. The Morgan fingerprint density at radius 3 is 2.40 bits per heavy atom. The minimum Gasteiger partial charge on any atom is -0.330 e. The van der Waals surface area contributed by atoms with Crippen molar-refractivity contribution in [1.82, 2.24) is 4.90 Å². The first kappa shape index (κ1) is 8.02. The normalized spacial score (nSPS) is 24.3. The van der Waals surface area contributed by atoms with E-state index in [0.29, 0.717) is 5.41 Å². The second-order valence-corrected chi connectivity index (χ2v) is 4.02. The Hall–Kier alpha value is -0.0800. The van der Waals surface area contributed by atoms with Gasteiger partial charge < -0.3 is 10.6 Å². The molecular weight excluding hydrogens is 124 g/mol. The standard InChI is InChI=1S/C8H18N2/c1-8(2)6-10(7-8)5-3-4-9/h3-7,9H2,1-2H3. The monoisotopic (exact) mass is 142 g/mol. The summed E-state index contributed by atoms with van der Waals surface area (Å²) in [6, 6.07) is 0. The summed E-state index contributed by atoms with van der Waals surface area (Å²) < 4.78 is 0. The van der Waals surface area contributed by atoms with Gasteiger partial charge >= 0.3 is 0 Å². The van der Waals surface area contributed by atoms with Crippen molar-refractivity contribution < 1.29 is 0 Å². The van der Waals surface area contributed by atoms with Crippen molar-refractivity contribution in [2.24, 2.45) is 11.1 Å². The smallest absolute Gasteiger partial charge is 0.00452 e. The highest BCUT2D eigenvalue weighted by atomic mass is 15.2. The Morgan fingerprint density at radius 2 is 2.00 bits per heavy atom. The molecule has 2 N–H and O–H groups in total. The van der Waals surface area contributed by atoms with Gasteiger partial charge in [0, 0.05) is 13.1 Å². The fourth-order valence-corrected chi connectivity index (χ4v) is 1.64. The molecule has 1 saturated heterocycles. The predicted octanol–water partition coefficient (Wildman–Crippen LogP) is 0.677. The molecule has 0 aromatic heterocycles. The highest BCUT2D eigenvalue weighted by molar-refractivity contribution is 4.87. The van der Waals surface area contributed by atoms with Crippen LogP contribution in [0.25, 0.3) is 0 Å². The zero-order valence-corrected chi connectivity index (χ0v) is 7.06. The van der Waals surface area contributed by atoms with Gasteiger partial charge in [0.1, 0.15) is 0 Å². The van der Waals surface area contributed by atoms with E-state index in [4.69, 9.17) is 5.73 Å². The lowest BCUT2D eigenvalue weighted by atomic mass is 9.84. The number of nitrogens with zero attached hydrogens (tertiary/aromatic N) is 1. The molecule has 0 atom stereocenters. The van der Waals surface area contributed by atoms with E-state index < -0.39 is 0 Å². The number of likely N-dealkylation sites (tertiary alicyclic amines) is 1. The van der Waals surface area contributed by atoms with Crippen LogP contribution in [-0.2, 0) is 0 Å². The highest BCUT2D eigenvalue weighted by Crippen LogP contribution is 2.28. The van der Waals surface area contributed by atoms with E-state index in [-0.39, 0.29) is 0 Å². The van der Waals surface area contributed by atoms with Gasteiger partial charge in [-0.1, -0.05) is 13.8 Å². The zero-order chi connectivity index (χ0) is 7.61. The van der Waals surface area contributed by atoms with Gasteiger partial charge in [-0.25, -0.2) is 0 Å².